The van der Waals surface area contributed by atoms with Gasteiger partial charge in [-0.2, -0.15) is 0 Å². The molecule has 5 nitrogen and oxygen atoms in total. The van der Waals surface area contributed by atoms with Gasteiger partial charge in [0.05, 0.1) is 6.04 Å². The second-order valence-corrected chi connectivity index (χ2v) is 7.43. The number of hydrogen-bond acceptors (Lipinski definition) is 4. The van der Waals surface area contributed by atoms with Crippen molar-refractivity contribution in [3.8, 4) is 0 Å². The molecule has 0 bridgehead atoms. The maximum absolute atomic E-state index is 13.1. The van der Waals surface area contributed by atoms with E-state index in [2.05, 4.69) is 53.2 Å². The quantitative estimate of drug-likeness (QED) is 0.845. The molecule has 1 aliphatic rings. The highest BCUT2D eigenvalue weighted by atomic mass is 16.2. The van der Waals surface area contributed by atoms with Crippen molar-refractivity contribution in [1.29, 1.82) is 0 Å². The van der Waals surface area contributed by atoms with E-state index >= 15 is 0 Å². The molecule has 1 amide bonds. The van der Waals surface area contributed by atoms with Crippen LogP contribution in [0, 0.1) is 13.8 Å². The van der Waals surface area contributed by atoms with Gasteiger partial charge in [-0.15, -0.1) is 0 Å². The molecule has 138 valence electrons. The van der Waals surface area contributed by atoms with E-state index in [1.54, 1.807) is 6.07 Å². The second kappa shape index (κ2) is 7.96. The summed E-state index contributed by atoms with van der Waals surface area (Å²) in [5.74, 6) is 0.663. The van der Waals surface area contributed by atoms with E-state index in [1.165, 1.54) is 11.1 Å². The third kappa shape index (κ3) is 4.28. The van der Waals surface area contributed by atoms with Crippen molar-refractivity contribution in [2.75, 3.05) is 20.6 Å². The van der Waals surface area contributed by atoms with Gasteiger partial charge in [0.25, 0.3) is 5.91 Å². The van der Waals surface area contributed by atoms with Gasteiger partial charge in [-0.1, -0.05) is 24.3 Å². The van der Waals surface area contributed by atoms with E-state index in [1.807, 2.05) is 18.7 Å². The lowest BCUT2D eigenvalue weighted by atomic mass is 9.94. The van der Waals surface area contributed by atoms with Crippen LogP contribution in [0.3, 0.4) is 0 Å². The van der Waals surface area contributed by atoms with E-state index in [4.69, 9.17) is 0 Å². The number of rotatable bonds is 4. The normalized spacial score (nSPS) is 17.6. The molecule has 5 heteroatoms. The lowest BCUT2D eigenvalue weighted by molar-refractivity contribution is 0.0605. The highest BCUT2D eigenvalue weighted by Crippen LogP contribution is 2.32. The summed E-state index contributed by atoms with van der Waals surface area (Å²) in [7, 11) is 4.14. The Labute approximate surface area is 156 Å². The lowest BCUT2D eigenvalue weighted by Gasteiger charge is -2.36. The van der Waals surface area contributed by atoms with Crippen molar-refractivity contribution in [3.05, 3.63) is 58.7 Å². The average Bonchev–Trinajstić information content (AvgIpc) is 2.60. The van der Waals surface area contributed by atoms with Gasteiger partial charge in [-0.05, 0) is 64.4 Å². The van der Waals surface area contributed by atoms with Gasteiger partial charge in [-0.25, -0.2) is 9.97 Å². The van der Waals surface area contributed by atoms with Crippen LogP contribution in [0.1, 0.15) is 58.4 Å². The van der Waals surface area contributed by atoms with Gasteiger partial charge in [0.1, 0.15) is 11.5 Å². The van der Waals surface area contributed by atoms with E-state index < -0.39 is 0 Å². The zero-order valence-electron chi connectivity index (χ0n) is 16.2. The minimum Gasteiger partial charge on any atom is -0.330 e. The number of likely N-dealkylation sites (tertiary alicyclic amines) is 1. The Morgan fingerprint density at radius 2 is 1.88 bits per heavy atom. The largest absolute Gasteiger partial charge is 0.330 e. The molecule has 1 aromatic carbocycles. The van der Waals surface area contributed by atoms with Crippen molar-refractivity contribution in [3.63, 3.8) is 0 Å². The maximum atomic E-state index is 13.1. The van der Waals surface area contributed by atoms with E-state index in [9.17, 15) is 4.79 Å². The van der Waals surface area contributed by atoms with Crippen molar-refractivity contribution >= 4 is 5.91 Å². The van der Waals surface area contributed by atoms with Crippen LogP contribution in [0.5, 0.6) is 0 Å². The molecule has 2 heterocycles. The van der Waals surface area contributed by atoms with Crippen molar-refractivity contribution in [1.82, 2.24) is 19.8 Å². The zero-order valence-corrected chi connectivity index (χ0v) is 16.2. The first kappa shape index (κ1) is 18.5. The Morgan fingerprint density at radius 1 is 1.15 bits per heavy atom. The molecule has 0 radical (unpaired) electrons. The molecule has 0 saturated carbocycles. The van der Waals surface area contributed by atoms with E-state index in [-0.39, 0.29) is 11.9 Å². The Bertz CT molecular complexity index is 750. The number of aryl methyl sites for hydroxylation is 2. The van der Waals surface area contributed by atoms with Gasteiger partial charge >= 0.3 is 0 Å². The minimum absolute atomic E-state index is 0.0145. The Morgan fingerprint density at radius 3 is 2.54 bits per heavy atom. The summed E-state index contributed by atoms with van der Waals surface area (Å²) in [5, 5.41) is 0. The van der Waals surface area contributed by atoms with Gasteiger partial charge in [0, 0.05) is 18.8 Å². The van der Waals surface area contributed by atoms with Gasteiger partial charge < -0.3 is 9.80 Å². The summed E-state index contributed by atoms with van der Waals surface area (Å²) >= 11 is 0. The van der Waals surface area contributed by atoms with Gasteiger partial charge in [-0.3, -0.25) is 4.79 Å². The number of carbonyl (C=O) groups excluding carboxylic acids is 1. The first-order chi connectivity index (χ1) is 12.4. The summed E-state index contributed by atoms with van der Waals surface area (Å²) in [6.45, 7) is 5.45. The molecule has 1 aliphatic heterocycles. The van der Waals surface area contributed by atoms with E-state index in [0.717, 1.165) is 38.0 Å². The summed E-state index contributed by atoms with van der Waals surface area (Å²) in [5.41, 5.74) is 3.84. The molecular weight excluding hydrogens is 324 g/mol. The second-order valence-electron chi connectivity index (χ2n) is 7.43. The average molecular weight is 352 g/mol. The fraction of sp³-hybridized carbons (Fsp3) is 0.476. The van der Waals surface area contributed by atoms with E-state index in [0.29, 0.717) is 11.5 Å². The molecule has 1 saturated heterocycles. The Balaban J connectivity index is 1.84. The van der Waals surface area contributed by atoms with Crippen LogP contribution in [-0.2, 0) is 6.54 Å². The predicted octanol–water partition coefficient (Wildman–Crippen LogP) is 3.52. The molecule has 1 atom stereocenters. The van der Waals surface area contributed by atoms with Gasteiger partial charge in [0.2, 0.25) is 0 Å². The standard InChI is InChI=1S/C21H28N4O/c1-15-13-19(23-16(2)22-15)21(26)25-12-6-5-7-20(25)18-10-8-17(9-11-18)14-24(3)4/h8-11,13,20H,5-7,12,14H2,1-4H3/t20-/m0/s1. The molecule has 3 rings (SSSR count). The van der Waals surface area contributed by atoms with Crippen LogP contribution in [0.15, 0.2) is 30.3 Å². The molecular formula is C21H28N4O. The third-order valence-corrected chi connectivity index (χ3v) is 4.81. The smallest absolute Gasteiger partial charge is 0.273 e. The van der Waals surface area contributed by atoms with Crippen LogP contribution in [0.2, 0.25) is 0 Å². The number of piperidine rings is 1. The van der Waals surface area contributed by atoms with Crippen LogP contribution < -0.4 is 0 Å². The molecule has 0 N–H and O–H groups in total. The number of benzene rings is 1. The summed E-state index contributed by atoms with van der Waals surface area (Å²) < 4.78 is 0. The Hall–Kier alpha value is -2.27. The van der Waals surface area contributed by atoms with Gasteiger partial charge in [0.15, 0.2) is 0 Å². The van der Waals surface area contributed by atoms with Crippen molar-refractivity contribution in [2.45, 2.75) is 45.7 Å². The fourth-order valence-electron chi connectivity index (χ4n) is 3.71. The molecule has 0 spiro atoms. The van der Waals surface area contributed by atoms with Crippen molar-refractivity contribution < 1.29 is 4.79 Å². The zero-order chi connectivity index (χ0) is 18.7. The van der Waals surface area contributed by atoms with Crippen molar-refractivity contribution in [2.24, 2.45) is 0 Å². The minimum atomic E-state index is 0.0145. The topological polar surface area (TPSA) is 49.3 Å². The maximum Gasteiger partial charge on any atom is 0.273 e. The van der Waals surface area contributed by atoms with Crippen LogP contribution in [0.25, 0.3) is 0 Å². The molecule has 0 unspecified atom stereocenters. The highest BCUT2D eigenvalue weighted by molar-refractivity contribution is 5.92. The number of aromatic nitrogens is 2. The fourth-order valence-corrected chi connectivity index (χ4v) is 3.71. The summed E-state index contributed by atoms with van der Waals surface area (Å²) in [6, 6.07) is 10.6. The summed E-state index contributed by atoms with van der Waals surface area (Å²) in [4.78, 5) is 25.9. The van der Waals surface area contributed by atoms with Crippen LogP contribution in [-0.4, -0.2) is 46.3 Å². The third-order valence-electron chi connectivity index (χ3n) is 4.81. The SMILES string of the molecule is Cc1cc(C(=O)N2CCCC[C@H]2c2ccc(CN(C)C)cc2)nc(C)n1. The number of carbonyl (C=O) groups is 1. The monoisotopic (exact) mass is 352 g/mol. The molecule has 1 aromatic heterocycles. The molecule has 1 fully saturated rings. The number of amides is 1. The highest BCUT2D eigenvalue weighted by Gasteiger charge is 2.29. The first-order valence-electron chi connectivity index (χ1n) is 9.31. The van der Waals surface area contributed by atoms with Crippen LogP contribution in [0.4, 0.5) is 0 Å². The Kier molecular flexibility index (Phi) is 5.67. The molecule has 26 heavy (non-hydrogen) atoms. The van der Waals surface area contributed by atoms with Crippen LogP contribution >= 0.6 is 0 Å². The number of nitrogens with zero attached hydrogens (tertiary/aromatic N) is 4. The predicted molar refractivity (Wildman–Crippen MR) is 103 cm³/mol. The summed E-state index contributed by atoms with van der Waals surface area (Å²) in [6.07, 6.45) is 3.20. The number of hydrogen-bond donors (Lipinski definition) is 0. The lowest BCUT2D eigenvalue weighted by Crippen LogP contribution is -2.39. The molecule has 2 aromatic rings. The first-order valence-corrected chi connectivity index (χ1v) is 9.31. The molecule has 0 aliphatic carbocycles.